The zero-order chi connectivity index (χ0) is 10.7. The standard InChI is InChI=1S/C9H6FN3OS/c10-7-3-1-2-6(4-7)8(14)13-9-11-5-12-15-9/h1-5H,(H,11,12,13,14). The molecule has 1 N–H and O–H groups in total. The molecule has 0 unspecified atom stereocenters. The normalized spacial score (nSPS) is 9.93. The number of anilines is 1. The van der Waals surface area contributed by atoms with E-state index in [9.17, 15) is 9.18 Å². The molecule has 2 aromatic rings. The van der Waals surface area contributed by atoms with Gasteiger partial charge in [-0.25, -0.2) is 9.37 Å². The zero-order valence-corrected chi connectivity index (χ0v) is 8.29. The van der Waals surface area contributed by atoms with E-state index in [4.69, 9.17) is 0 Å². The number of carbonyl (C=O) groups excluding carboxylic acids is 1. The van der Waals surface area contributed by atoms with Gasteiger partial charge in [0.2, 0.25) is 5.13 Å². The van der Waals surface area contributed by atoms with Crippen molar-refractivity contribution in [3.8, 4) is 0 Å². The smallest absolute Gasteiger partial charge is 0.257 e. The predicted molar refractivity (Wildman–Crippen MR) is 54.3 cm³/mol. The van der Waals surface area contributed by atoms with E-state index in [-0.39, 0.29) is 5.56 Å². The van der Waals surface area contributed by atoms with E-state index in [2.05, 4.69) is 14.7 Å². The molecular formula is C9H6FN3OS. The molecule has 1 aromatic heterocycles. The molecule has 4 nitrogen and oxygen atoms in total. The lowest BCUT2D eigenvalue weighted by atomic mass is 10.2. The van der Waals surface area contributed by atoms with E-state index in [1.165, 1.54) is 24.5 Å². The molecule has 1 amide bonds. The minimum atomic E-state index is -0.445. The van der Waals surface area contributed by atoms with Crippen LogP contribution in [0.15, 0.2) is 30.6 Å². The Hall–Kier alpha value is -1.82. The fourth-order valence-corrected chi connectivity index (χ4v) is 1.45. The minimum absolute atomic E-state index is 0.255. The lowest BCUT2D eigenvalue weighted by Crippen LogP contribution is -2.11. The van der Waals surface area contributed by atoms with Crippen molar-refractivity contribution in [3.63, 3.8) is 0 Å². The Kier molecular flexibility index (Phi) is 2.68. The number of rotatable bonds is 2. The van der Waals surface area contributed by atoms with E-state index in [0.29, 0.717) is 5.13 Å². The highest BCUT2D eigenvalue weighted by Crippen LogP contribution is 2.10. The molecule has 0 saturated heterocycles. The van der Waals surface area contributed by atoms with Gasteiger partial charge in [0.05, 0.1) is 0 Å². The SMILES string of the molecule is O=C(Nc1ncns1)c1cccc(F)c1. The van der Waals surface area contributed by atoms with Gasteiger partial charge < -0.3 is 0 Å². The summed E-state index contributed by atoms with van der Waals surface area (Å²) < 4.78 is 16.5. The molecule has 15 heavy (non-hydrogen) atoms. The Labute approximate surface area is 89.0 Å². The van der Waals surface area contributed by atoms with Gasteiger partial charge in [0.1, 0.15) is 12.1 Å². The molecule has 1 aromatic carbocycles. The predicted octanol–water partition coefficient (Wildman–Crippen LogP) is 1.93. The van der Waals surface area contributed by atoms with Gasteiger partial charge >= 0.3 is 0 Å². The van der Waals surface area contributed by atoms with Gasteiger partial charge in [-0.2, -0.15) is 4.37 Å². The Morgan fingerprint density at radius 1 is 1.47 bits per heavy atom. The molecular weight excluding hydrogens is 217 g/mol. The van der Waals surface area contributed by atoms with Gasteiger partial charge in [0.15, 0.2) is 0 Å². The van der Waals surface area contributed by atoms with Crippen LogP contribution in [0.2, 0.25) is 0 Å². The summed E-state index contributed by atoms with van der Waals surface area (Å²) in [6.07, 6.45) is 1.34. The van der Waals surface area contributed by atoms with Crippen LogP contribution in [-0.4, -0.2) is 15.3 Å². The summed E-state index contributed by atoms with van der Waals surface area (Å²) in [6.45, 7) is 0. The Balaban J connectivity index is 2.15. The van der Waals surface area contributed by atoms with E-state index in [1.54, 1.807) is 0 Å². The third-order valence-electron chi connectivity index (χ3n) is 1.67. The molecule has 2 rings (SSSR count). The topological polar surface area (TPSA) is 54.9 Å². The molecule has 0 bridgehead atoms. The fraction of sp³-hybridized carbons (Fsp3) is 0. The number of hydrogen-bond acceptors (Lipinski definition) is 4. The van der Waals surface area contributed by atoms with Crippen LogP contribution in [0, 0.1) is 5.82 Å². The van der Waals surface area contributed by atoms with E-state index in [1.807, 2.05) is 0 Å². The quantitative estimate of drug-likeness (QED) is 0.846. The molecule has 1 heterocycles. The minimum Gasteiger partial charge on any atom is -0.297 e. The van der Waals surface area contributed by atoms with Gasteiger partial charge in [-0.15, -0.1) is 0 Å². The van der Waals surface area contributed by atoms with E-state index in [0.717, 1.165) is 17.6 Å². The van der Waals surface area contributed by atoms with Gasteiger partial charge in [0, 0.05) is 17.1 Å². The number of halogens is 1. The summed E-state index contributed by atoms with van der Waals surface area (Å²) in [4.78, 5) is 15.3. The fourth-order valence-electron chi connectivity index (χ4n) is 1.03. The molecule has 0 aliphatic carbocycles. The van der Waals surface area contributed by atoms with Crippen molar-refractivity contribution in [2.24, 2.45) is 0 Å². The second-order valence-corrected chi connectivity index (χ2v) is 3.49. The highest BCUT2D eigenvalue weighted by atomic mass is 32.1. The molecule has 0 aliphatic rings. The third-order valence-corrected chi connectivity index (χ3v) is 2.25. The number of carbonyl (C=O) groups is 1. The molecule has 6 heteroatoms. The van der Waals surface area contributed by atoms with Gasteiger partial charge in [-0.05, 0) is 18.2 Å². The van der Waals surface area contributed by atoms with Crippen LogP contribution in [0.1, 0.15) is 10.4 Å². The number of nitrogens with one attached hydrogen (secondary N) is 1. The maximum atomic E-state index is 12.8. The number of aromatic nitrogens is 2. The Morgan fingerprint density at radius 2 is 2.33 bits per heavy atom. The van der Waals surface area contributed by atoms with Crippen molar-refractivity contribution in [2.45, 2.75) is 0 Å². The van der Waals surface area contributed by atoms with Crippen molar-refractivity contribution in [3.05, 3.63) is 42.0 Å². The molecule has 0 saturated carbocycles. The molecule has 76 valence electrons. The zero-order valence-electron chi connectivity index (χ0n) is 7.48. The second-order valence-electron chi connectivity index (χ2n) is 2.71. The van der Waals surface area contributed by atoms with Crippen LogP contribution < -0.4 is 5.32 Å². The lowest BCUT2D eigenvalue weighted by Gasteiger charge is -2.00. The van der Waals surface area contributed by atoms with Crippen molar-refractivity contribution in [1.82, 2.24) is 9.36 Å². The van der Waals surface area contributed by atoms with E-state index >= 15 is 0 Å². The summed E-state index contributed by atoms with van der Waals surface area (Å²) >= 11 is 1.06. The maximum Gasteiger partial charge on any atom is 0.257 e. The summed E-state index contributed by atoms with van der Waals surface area (Å²) in [5.41, 5.74) is 0.255. The number of nitrogens with zero attached hydrogens (tertiary/aromatic N) is 2. The highest BCUT2D eigenvalue weighted by Gasteiger charge is 2.07. The molecule has 0 spiro atoms. The van der Waals surface area contributed by atoms with E-state index < -0.39 is 11.7 Å². The summed E-state index contributed by atoms with van der Waals surface area (Å²) in [7, 11) is 0. The number of amides is 1. The number of benzene rings is 1. The lowest BCUT2D eigenvalue weighted by molar-refractivity contribution is 0.102. The maximum absolute atomic E-state index is 12.8. The molecule has 0 radical (unpaired) electrons. The van der Waals surface area contributed by atoms with Crippen molar-refractivity contribution >= 4 is 22.6 Å². The molecule has 0 atom stereocenters. The second kappa shape index (κ2) is 4.14. The first-order valence-electron chi connectivity index (χ1n) is 4.09. The van der Waals surface area contributed by atoms with Crippen LogP contribution in [-0.2, 0) is 0 Å². The van der Waals surface area contributed by atoms with Crippen molar-refractivity contribution in [1.29, 1.82) is 0 Å². The first kappa shape index (κ1) is 9.72. The summed E-state index contributed by atoms with van der Waals surface area (Å²) in [6, 6.07) is 5.45. The summed E-state index contributed by atoms with van der Waals surface area (Å²) in [5.74, 6) is -0.842. The average Bonchev–Trinajstić information content (AvgIpc) is 2.70. The first-order valence-corrected chi connectivity index (χ1v) is 4.86. The monoisotopic (exact) mass is 223 g/mol. The number of hydrogen-bond donors (Lipinski definition) is 1. The van der Waals surface area contributed by atoms with Gasteiger partial charge in [-0.3, -0.25) is 10.1 Å². The third kappa shape index (κ3) is 2.35. The molecule has 0 fully saturated rings. The summed E-state index contributed by atoms with van der Waals surface area (Å²) in [5, 5.41) is 2.90. The first-order chi connectivity index (χ1) is 7.25. The van der Waals surface area contributed by atoms with Crippen LogP contribution >= 0.6 is 11.5 Å². The molecule has 0 aliphatic heterocycles. The largest absolute Gasteiger partial charge is 0.297 e. The van der Waals surface area contributed by atoms with Crippen molar-refractivity contribution in [2.75, 3.05) is 5.32 Å². The van der Waals surface area contributed by atoms with Crippen LogP contribution in [0.3, 0.4) is 0 Å². The average molecular weight is 223 g/mol. The highest BCUT2D eigenvalue weighted by molar-refractivity contribution is 7.09. The van der Waals surface area contributed by atoms with Gasteiger partial charge in [-0.1, -0.05) is 6.07 Å². The van der Waals surface area contributed by atoms with Crippen LogP contribution in [0.25, 0.3) is 0 Å². The van der Waals surface area contributed by atoms with Crippen LogP contribution in [0.4, 0.5) is 9.52 Å². The Bertz CT molecular complexity index is 472. The van der Waals surface area contributed by atoms with Crippen LogP contribution in [0.5, 0.6) is 0 Å². The van der Waals surface area contributed by atoms with Gasteiger partial charge in [0.25, 0.3) is 5.91 Å². The Morgan fingerprint density at radius 3 is 3.00 bits per heavy atom. The van der Waals surface area contributed by atoms with Crippen molar-refractivity contribution < 1.29 is 9.18 Å².